The molecule has 0 amide bonds. The molecule has 0 saturated heterocycles. The van der Waals surface area contributed by atoms with Crippen molar-refractivity contribution in [1.82, 2.24) is 9.36 Å². The second kappa shape index (κ2) is 4.64. The van der Waals surface area contributed by atoms with E-state index >= 15 is 0 Å². The monoisotopic (exact) mass is 192 g/mol. The lowest BCUT2D eigenvalue weighted by molar-refractivity contribution is 0.117. The van der Waals surface area contributed by atoms with Gasteiger partial charge in [-0.05, 0) is 29.6 Å². The number of hydrogen-bond donors (Lipinski definition) is 0. The van der Waals surface area contributed by atoms with Crippen molar-refractivity contribution in [3.8, 4) is 0 Å². The zero-order chi connectivity index (χ0) is 8.10. The van der Waals surface area contributed by atoms with Gasteiger partial charge in [-0.3, -0.25) is 0 Å². The third kappa shape index (κ3) is 3.14. The number of rotatable bonds is 4. The van der Waals surface area contributed by atoms with Crippen molar-refractivity contribution in [3.05, 3.63) is 10.3 Å². The van der Waals surface area contributed by atoms with Crippen LogP contribution in [0.1, 0.15) is 19.2 Å². The van der Waals surface area contributed by atoms with Gasteiger partial charge in [-0.25, -0.2) is 4.98 Å². The zero-order valence-corrected chi connectivity index (χ0v) is 7.78. The van der Waals surface area contributed by atoms with Crippen LogP contribution in [0, 0.1) is 0 Å². The van der Waals surface area contributed by atoms with Crippen molar-refractivity contribution < 1.29 is 4.74 Å². The lowest BCUT2D eigenvalue weighted by Gasteiger charge is -1.95. The average molecular weight is 193 g/mol. The summed E-state index contributed by atoms with van der Waals surface area (Å²) in [6, 6.07) is 0. The Morgan fingerprint density at radius 2 is 2.45 bits per heavy atom. The summed E-state index contributed by atoms with van der Waals surface area (Å²) in [4.78, 5) is 3.93. The third-order valence-corrected chi connectivity index (χ3v) is 1.86. The van der Waals surface area contributed by atoms with E-state index in [1.54, 1.807) is 0 Å². The molecule has 0 fully saturated rings. The van der Waals surface area contributed by atoms with Crippen LogP contribution < -0.4 is 0 Å². The maximum Gasteiger partial charge on any atom is 0.203 e. The van der Waals surface area contributed by atoms with Crippen LogP contribution in [-0.4, -0.2) is 16.0 Å². The summed E-state index contributed by atoms with van der Waals surface area (Å²) in [6.45, 7) is 3.27. The van der Waals surface area contributed by atoms with Crippen LogP contribution in [0.3, 0.4) is 0 Å². The van der Waals surface area contributed by atoms with Crippen molar-refractivity contribution >= 4 is 23.1 Å². The van der Waals surface area contributed by atoms with E-state index in [9.17, 15) is 0 Å². The molecule has 0 atom stereocenters. The first-order valence-corrected chi connectivity index (χ1v) is 4.54. The molecule has 0 aliphatic heterocycles. The van der Waals surface area contributed by atoms with Gasteiger partial charge in [0.2, 0.25) is 4.47 Å². The number of aromatic nitrogens is 2. The Morgan fingerprint density at radius 1 is 1.64 bits per heavy atom. The molecule has 5 heteroatoms. The molecule has 11 heavy (non-hydrogen) atoms. The van der Waals surface area contributed by atoms with Gasteiger partial charge in [-0.15, -0.1) is 0 Å². The highest BCUT2D eigenvalue weighted by Gasteiger charge is 1.99. The first-order valence-electron chi connectivity index (χ1n) is 3.38. The molecule has 0 unspecified atom stereocenters. The summed E-state index contributed by atoms with van der Waals surface area (Å²) in [7, 11) is 0. The fourth-order valence-electron chi connectivity index (χ4n) is 0.599. The van der Waals surface area contributed by atoms with Crippen molar-refractivity contribution in [2.24, 2.45) is 0 Å². The molecule has 1 aromatic heterocycles. The highest BCUT2D eigenvalue weighted by atomic mass is 35.5. The fourth-order valence-corrected chi connectivity index (χ4v) is 1.22. The molecular weight excluding hydrogens is 184 g/mol. The molecule has 1 rings (SSSR count). The summed E-state index contributed by atoms with van der Waals surface area (Å²) in [5.41, 5.74) is 0. The van der Waals surface area contributed by atoms with E-state index in [-0.39, 0.29) is 0 Å². The van der Waals surface area contributed by atoms with Gasteiger partial charge in [0.25, 0.3) is 0 Å². The molecule has 1 aromatic rings. The van der Waals surface area contributed by atoms with Crippen LogP contribution in [-0.2, 0) is 11.3 Å². The van der Waals surface area contributed by atoms with Gasteiger partial charge < -0.3 is 4.74 Å². The highest BCUT2D eigenvalue weighted by molar-refractivity contribution is 7.10. The van der Waals surface area contributed by atoms with Gasteiger partial charge in [0, 0.05) is 6.61 Å². The fraction of sp³-hybridized carbons (Fsp3) is 0.667. The molecule has 0 aliphatic rings. The second-order valence-electron chi connectivity index (χ2n) is 2.02. The standard InChI is InChI=1S/C6H9ClN2OS/c1-2-3-10-4-5-8-6(7)11-9-5/h2-4H2,1H3. The van der Waals surface area contributed by atoms with Crippen LogP contribution in [0.15, 0.2) is 0 Å². The van der Waals surface area contributed by atoms with E-state index in [1.807, 2.05) is 0 Å². The van der Waals surface area contributed by atoms with Crippen LogP contribution in [0.2, 0.25) is 4.47 Å². The van der Waals surface area contributed by atoms with E-state index < -0.39 is 0 Å². The molecule has 0 aliphatic carbocycles. The molecule has 0 aromatic carbocycles. The van der Waals surface area contributed by atoms with Gasteiger partial charge in [0.05, 0.1) is 0 Å². The quantitative estimate of drug-likeness (QED) is 0.686. The Balaban J connectivity index is 2.27. The molecule has 3 nitrogen and oxygen atoms in total. The van der Waals surface area contributed by atoms with Crippen LogP contribution in [0.25, 0.3) is 0 Å². The Labute approximate surface area is 74.5 Å². The maximum absolute atomic E-state index is 5.56. The third-order valence-electron chi connectivity index (χ3n) is 1.02. The number of nitrogens with zero attached hydrogens (tertiary/aromatic N) is 2. The highest BCUT2D eigenvalue weighted by Crippen LogP contribution is 2.10. The molecule has 1 heterocycles. The minimum atomic E-state index is 0.469. The largest absolute Gasteiger partial charge is 0.373 e. The predicted octanol–water partition coefficient (Wildman–Crippen LogP) is 2.12. The summed E-state index contributed by atoms with van der Waals surface area (Å²) in [5.74, 6) is 0.674. The molecule has 0 N–H and O–H groups in total. The first-order chi connectivity index (χ1) is 5.33. The van der Waals surface area contributed by atoms with Crippen LogP contribution in [0.4, 0.5) is 0 Å². The van der Waals surface area contributed by atoms with Crippen molar-refractivity contribution in [2.45, 2.75) is 20.0 Å². The van der Waals surface area contributed by atoms with Crippen molar-refractivity contribution in [2.75, 3.05) is 6.61 Å². The summed E-state index contributed by atoms with van der Waals surface area (Å²) in [5, 5.41) is 0. The van der Waals surface area contributed by atoms with Crippen LogP contribution >= 0.6 is 23.1 Å². The molecular formula is C6H9ClN2OS. The zero-order valence-electron chi connectivity index (χ0n) is 6.21. The summed E-state index contributed by atoms with van der Waals surface area (Å²) < 4.78 is 9.64. The average Bonchev–Trinajstić information content (AvgIpc) is 2.37. The van der Waals surface area contributed by atoms with Gasteiger partial charge in [0.15, 0.2) is 5.82 Å². The van der Waals surface area contributed by atoms with Gasteiger partial charge in [-0.1, -0.05) is 6.92 Å². The molecule has 0 saturated carbocycles. The summed E-state index contributed by atoms with van der Waals surface area (Å²) >= 11 is 6.75. The van der Waals surface area contributed by atoms with Crippen molar-refractivity contribution in [3.63, 3.8) is 0 Å². The minimum absolute atomic E-state index is 0.469. The lowest BCUT2D eigenvalue weighted by Crippen LogP contribution is -1.95. The number of hydrogen-bond acceptors (Lipinski definition) is 4. The Kier molecular flexibility index (Phi) is 3.76. The Hall–Kier alpha value is -0.190. The number of halogens is 1. The first kappa shape index (κ1) is 8.90. The van der Waals surface area contributed by atoms with Crippen LogP contribution in [0.5, 0.6) is 0 Å². The second-order valence-corrected chi connectivity index (χ2v) is 3.35. The normalized spacial score (nSPS) is 10.4. The van der Waals surface area contributed by atoms with E-state index in [0.717, 1.165) is 13.0 Å². The molecule has 62 valence electrons. The van der Waals surface area contributed by atoms with Crippen molar-refractivity contribution in [1.29, 1.82) is 0 Å². The van der Waals surface area contributed by atoms with E-state index in [2.05, 4.69) is 16.3 Å². The van der Waals surface area contributed by atoms with Gasteiger partial charge in [-0.2, -0.15) is 4.37 Å². The minimum Gasteiger partial charge on any atom is -0.373 e. The maximum atomic E-state index is 5.56. The lowest BCUT2D eigenvalue weighted by atomic mass is 10.5. The molecule has 0 spiro atoms. The molecule has 0 bridgehead atoms. The van der Waals surface area contributed by atoms with Gasteiger partial charge >= 0.3 is 0 Å². The Bertz CT molecular complexity index is 216. The van der Waals surface area contributed by atoms with E-state index in [4.69, 9.17) is 16.3 Å². The van der Waals surface area contributed by atoms with E-state index in [1.165, 1.54) is 11.5 Å². The number of ether oxygens (including phenoxy) is 1. The topological polar surface area (TPSA) is 35.0 Å². The smallest absolute Gasteiger partial charge is 0.203 e. The molecule has 0 radical (unpaired) electrons. The SMILES string of the molecule is CCCOCc1nsc(Cl)n1. The van der Waals surface area contributed by atoms with E-state index in [0.29, 0.717) is 16.9 Å². The Morgan fingerprint density at radius 3 is 3.00 bits per heavy atom. The summed E-state index contributed by atoms with van der Waals surface area (Å²) in [6.07, 6.45) is 1.01. The van der Waals surface area contributed by atoms with Gasteiger partial charge in [0.1, 0.15) is 6.61 Å². The predicted molar refractivity (Wildman–Crippen MR) is 44.9 cm³/mol.